The van der Waals surface area contributed by atoms with Gasteiger partial charge in [0.25, 0.3) is 11.6 Å². The van der Waals surface area contributed by atoms with E-state index in [1.165, 1.54) is 29.2 Å². The zero-order chi connectivity index (χ0) is 17.8. The number of benzene rings is 2. The molecule has 1 aliphatic heterocycles. The molecule has 0 aromatic heterocycles. The largest absolute Gasteiger partial charge is 0.359 e. The maximum Gasteiger partial charge on any atom is 0.269 e. The van der Waals surface area contributed by atoms with Gasteiger partial charge in [0.1, 0.15) is 0 Å². The molecule has 0 bridgehead atoms. The van der Waals surface area contributed by atoms with Gasteiger partial charge >= 0.3 is 0 Å². The Balaban J connectivity index is 1.76. The Kier molecular flexibility index (Phi) is 4.95. The number of amides is 1. The second-order valence-corrected chi connectivity index (χ2v) is 6.22. The molecule has 2 N–H and O–H groups in total. The molecule has 25 heavy (non-hydrogen) atoms. The lowest BCUT2D eigenvalue weighted by atomic mass is 10.1. The monoisotopic (exact) mass is 341 g/mol. The molecule has 3 rings (SSSR count). The summed E-state index contributed by atoms with van der Waals surface area (Å²) in [5, 5.41) is 13.6. The molecule has 1 aliphatic rings. The maximum atomic E-state index is 12.5. The van der Waals surface area contributed by atoms with Crippen molar-refractivity contribution in [2.24, 2.45) is 0 Å². The van der Waals surface area contributed by atoms with Gasteiger partial charge in [-0.3, -0.25) is 14.9 Å². The first-order chi connectivity index (χ1) is 12.0. The molecule has 0 unspecified atom stereocenters. The molecule has 1 amide bonds. The van der Waals surface area contributed by atoms with Crippen LogP contribution in [0.15, 0.2) is 48.5 Å². The number of hydrogen-bond acceptors (Lipinski definition) is 4. The van der Waals surface area contributed by atoms with Crippen LogP contribution in [0, 0.1) is 10.1 Å². The highest BCUT2D eigenvalue weighted by Crippen LogP contribution is 2.26. The maximum absolute atomic E-state index is 12.5. The lowest BCUT2D eigenvalue weighted by Gasteiger charge is -2.33. The van der Waals surface area contributed by atoms with Crippen molar-refractivity contribution < 1.29 is 14.6 Å². The molecular formula is C18H21N4O3+. The summed E-state index contributed by atoms with van der Waals surface area (Å²) in [5.41, 5.74) is 2.12. The second-order valence-electron chi connectivity index (χ2n) is 6.22. The van der Waals surface area contributed by atoms with Crippen LogP contribution >= 0.6 is 0 Å². The molecule has 0 aliphatic carbocycles. The molecule has 0 saturated carbocycles. The topological polar surface area (TPSA) is 79.9 Å². The van der Waals surface area contributed by atoms with Crippen molar-refractivity contribution in [3.8, 4) is 0 Å². The van der Waals surface area contributed by atoms with Crippen LogP contribution in [0.2, 0.25) is 0 Å². The zero-order valence-electron chi connectivity index (χ0n) is 14.1. The Bertz CT molecular complexity index is 768. The summed E-state index contributed by atoms with van der Waals surface area (Å²) < 4.78 is 0. The number of likely N-dealkylation sites (N-methyl/N-ethyl adjacent to an activating group) is 1. The molecule has 0 atom stereocenters. The number of nitro groups is 1. The number of nitro benzene ring substituents is 1. The number of piperazine rings is 1. The molecule has 1 heterocycles. The van der Waals surface area contributed by atoms with Crippen LogP contribution in [-0.4, -0.2) is 44.1 Å². The van der Waals surface area contributed by atoms with Crippen LogP contribution in [0.25, 0.3) is 0 Å². The Labute approximate surface area is 146 Å². The summed E-state index contributed by atoms with van der Waals surface area (Å²) in [6.07, 6.45) is 0. The average molecular weight is 341 g/mol. The van der Waals surface area contributed by atoms with Gasteiger partial charge in [-0.1, -0.05) is 12.1 Å². The number of nitrogens with one attached hydrogen (secondary N) is 2. The molecule has 7 heteroatoms. The summed E-state index contributed by atoms with van der Waals surface area (Å²) in [5.74, 6) is -0.276. The number of non-ortho nitro benzene ring substituents is 1. The first-order valence-electron chi connectivity index (χ1n) is 8.25. The number of hydrogen-bond donors (Lipinski definition) is 2. The minimum absolute atomic E-state index is 0.0307. The van der Waals surface area contributed by atoms with E-state index in [0.717, 1.165) is 37.6 Å². The van der Waals surface area contributed by atoms with E-state index in [2.05, 4.69) is 17.3 Å². The fraction of sp³-hybridized carbons (Fsp3) is 0.278. The summed E-state index contributed by atoms with van der Waals surface area (Å²) in [6.45, 7) is 4.00. The highest BCUT2D eigenvalue weighted by Gasteiger charge is 2.20. The lowest BCUT2D eigenvalue weighted by molar-refractivity contribution is -0.880. The Hall–Kier alpha value is -2.93. The first-order valence-corrected chi connectivity index (χ1v) is 8.25. The van der Waals surface area contributed by atoms with Crippen LogP contribution in [0.3, 0.4) is 0 Å². The third-order valence-electron chi connectivity index (χ3n) is 4.45. The van der Waals surface area contributed by atoms with Gasteiger partial charge in [-0.2, -0.15) is 0 Å². The smallest absolute Gasteiger partial charge is 0.269 e. The van der Waals surface area contributed by atoms with Gasteiger partial charge in [-0.15, -0.1) is 0 Å². The molecule has 2 aromatic carbocycles. The van der Waals surface area contributed by atoms with Gasteiger partial charge in [0.2, 0.25) is 0 Å². The van der Waals surface area contributed by atoms with Gasteiger partial charge < -0.3 is 15.1 Å². The number of anilines is 2. The standard InChI is InChI=1S/C18H20N4O3/c1-20-10-12-21(13-11-20)17-5-3-2-4-16(17)19-18(23)14-6-8-15(9-7-14)22(24)25/h2-9H,10-13H2,1H3,(H,19,23)/p+1. The van der Waals surface area contributed by atoms with Crippen molar-refractivity contribution in [2.45, 2.75) is 0 Å². The Morgan fingerprint density at radius 2 is 1.76 bits per heavy atom. The van der Waals surface area contributed by atoms with Crippen LogP contribution in [0.1, 0.15) is 10.4 Å². The summed E-state index contributed by atoms with van der Waals surface area (Å²) in [6, 6.07) is 13.3. The molecule has 130 valence electrons. The van der Waals surface area contributed by atoms with Gasteiger partial charge in [-0.05, 0) is 24.3 Å². The summed E-state index contributed by atoms with van der Waals surface area (Å²) in [4.78, 5) is 26.5. The number of quaternary nitrogens is 1. The van der Waals surface area contributed by atoms with Crippen LogP contribution < -0.4 is 15.1 Å². The van der Waals surface area contributed by atoms with Crippen molar-refractivity contribution >= 4 is 23.0 Å². The van der Waals surface area contributed by atoms with Crippen LogP contribution in [0.4, 0.5) is 17.1 Å². The quantitative estimate of drug-likeness (QED) is 0.646. The molecular weight excluding hydrogens is 320 g/mol. The summed E-state index contributed by atoms with van der Waals surface area (Å²) in [7, 11) is 2.18. The van der Waals surface area contributed by atoms with E-state index in [9.17, 15) is 14.9 Å². The van der Waals surface area contributed by atoms with Crippen LogP contribution in [0.5, 0.6) is 0 Å². The van der Waals surface area contributed by atoms with Crippen molar-refractivity contribution in [3.63, 3.8) is 0 Å². The normalized spacial score (nSPS) is 15.0. The average Bonchev–Trinajstić information content (AvgIpc) is 2.63. The Morgan fingerprint density at radius 1 is 1.12 bits per heavy atom. The molecule has 1 saturated heterocycles. The molecule has 7 nitrogen and oxygen atoms in total. The number of rotatable bonds is 4. The van der Waals surface area contributed by atoms with Gasteiger partial charge in [-0.25, -0.2) is 0 Å². The third-order valence-corrected chi connectivity index (χ3v) is 4.45. The van der Waals surface area contributed by atoms with Crippen molar-refractivity contribution in [1.82, 2.24) is 0 Å². The van der Waals surface area contributed by atoms with E-state index in [1.54, 1.807) is 0 Å². The fourth-order valence-corrected chi connectivity index (χ4v) is 2.91. The van der Waals surface area contributed by atoms with E-state index >= 15 is 0 Å². The minimum atomic E-state index is -0.480. The van der Waals surface area contributed by atoms with Gasteiger partial charge in [0.05, 0.1) is 49.5 Å². The van der Waals surface area contributed by atoms with E-state index in [1.807, 2.05) is 24.3 Å². The SMILES string of the molecule is C[NH+]1CCN(c2ccccc2NC(=O)c2ccc([N+](=O)[O-])cc2)CC1. The van der Waals surface area contributed by atoms with Gasteiger partial charge in [0, 0.05) is 17.7 Å². The Morgan fingerprint density at radius 3 is 2.40 bits per heavy atom. The second kappa shape index (κ2) is 7.31. The van der Waals surface area contributed by atoms with E-state index in [0.29, 0.717) is 5.56 Å². The number of nitrogens with zero attached hydrogens (tertiary/aromatic N) is 2. The van der Waals surface area contributed by atoms with E-state index in [-0.39, 0.29) is 11.6 Å². The number of carbonyl (C=O) groups excluding carboxylic acids is 1. The lowest BCUT2D eigenvalue weighted by Crippen LogP contribution is -3.12. The van der Waals surface area contributed by atoms with Crippen LogP contribution in [-0.2, 0) is 0 Å². The first kappa shape index (κ1) is 16.9. The third kappa shape index (κ3) is 3.95. The van der Waals surface area contributed by atoms with Crippen molar-refractivity contribution in [2.75, 3.05) is 43.4 Å². The predicted octanol–water partition coefficient (Wildman–Crippen LogP) is 1.18. The molecule has 0 radical (unpaired) electrons. The summed E-state index contributed by atoms with van der Waals surface area (Å²) >= 11 is 0. The molecule has 0 spiro atoms. The predicted molar refractivity (Wildman–Crippen MR) is 96.3 cm³/mol. The van der Waals surface area contributed by atoms with Crippen molar-refractivity contribution in [1.29, 1.82) is 0 Å². The zero-order valence-corrected chi connectivity index (χ0v) is 14.1. The highest BCUT2D eigenvalue weighted by atomic mass is 16.6. The minimum Gasteiger partial charge on any atom is -0.359 e. The van der Waals surface area contributed by atoms with Gasteiger partial charge in [0.15, 0.2) is 0 Å². The van der Waals surface area contributed by atoms with Crippen molar-refractivity contribution in [3.05, 3.63) is 64.2 Å². The fourth-order valence-electron chi connectivity index (χ4n) is 2.91. The number of para-hydroxylation sites is 2. The number of carbonyl (C=O) groups is 1. The van der Waals surface area contributed by atoms with E-state index < -0.39 is 4.92 Å². The molecule has 2 aromatic rings. The van der Waals surface area contributed by atoms with E-state index in [4.69, 9.17) is 0 Å². The highest BCUT2D eigenvalue weighted by molar-refractivity contribution is 6.06. The molecule has 1 fully saturated rings.